The van der Waals surface area contributed by atoms with Crippen molar-refractivity contribution in [3.05, 3.63) is 0 Å². The molecule has 0 saturated heterocycles. The summed E-state index contributed by atoms with van der Waals surface area (Å²) in [4.78, 5) is 10.2. The Bertz CT molecular complexity index is 136. The first-order chi connectivity index (χ1) is 4.04. The number of hydrogen-bond acceptors (Lipinski definition) is 2. The van der Waals surface area contributed by atoms with Gasteiger partial charge in [-0.2, -0.15) is 0 Å². The molecule has 0 heterocycles. The van der Waals surface area contributed by atoms with E-state index in [-0.39, 0.29) is 5.75 Å². The van der Waals surface area contributed by atoms with Crippen LogP contribution in [0.15, 0.2) is 0 Å². The fraction of sp³-hybridized carbons (Fsp3) is 0.750. The number of amides is 1. The van der Waals surface area contributed by atoms with Gasteiger partial charge >= 0.3 is 0 Å². The van der Waals surface area contributed by atoms with Crippen LogP contribution in [0.4, 0.5) is 0 Å². The molecule has 0 aromatic carbocycles. The first-order valence-electron chi connectivity index (χ1n) is 2.40. The summed E-state index contributed by atoms with van der Waals surface area (Å²) in [5, 5.41) is 0. The second kappa shape index (κ2) is 3.58. The van der Waals surface area contributed by atoms with E-state index in [0.717, 1.165) is 0 Å². The topological polar surface area (TPSA) is 80.4 Å². The predicted molar refractivity (Wildman–Crippen MR) is 34.0 cm³/mol. The summed E-state index contributed by atoms with van der Waals surface area (Å²) in [5.74, 6) is -1.14. The Kier molecular flexibility index (Phi) is 3.41. The van der Waals surface area contributed by atoms with Crippen molar-refractivity contribution in [3.8, 4) is 0 Å². The molecule has 4 nitrogen and oxygen atoms in total. The minimum Gasteiger partial charge on any atom is -0.369 e. The number of hydrogen-bond donors (Lipinski definition) is 2. The summed E-state index contributed by atoms with van der Waals surface area (Å²) in [6.07, 6.45) is 0. The number of nitrogens with two attached hydrogens (primary N) is 1. The van der Waals surface area contributed by atoms with Crippen LogP contribution >= 0.6 is 0 Å². The van der Waals surface area contributed by atoms with Gasteiger partial charge in [0.05, 0.1) is 5.75 Å². The summed E-state index contributed by atoms with van der Waals surface area (Å²) in [7, 11) is 0. The van der Waals surface area contributed by atoms with E-state index >= 15 is 0 Å². The summed E-state index contributed by atoms with van der Waals surface area (Å²) in [6.45, 7) is 1.51. The number of rotatable bonds is 3. The smallest absolute Gasteiger partial charge is 0.221 e. The Balaban J connectivity index is 3.63. The maximum absolute atomic E-state index is 10.2. The van der Waals surface area contributed by atoms with Gasteiger partial charge in [0.1, 0.15) is 0 Å². The Morgan fingerprint density at radius 1 is 1.89 bits per heavy atom. The molecule has 0 spiro atoms. The molecule has 1 amide bonds. The second-order valence-electron chi connectivity index (χ2n) is 1.79. The lowest BCUT2D eigenvalue weighted by atomic mass is 10.2. The van der Waals surface area contributed by atoms with Crippen molar-refractivity contribution < 1.29 is 13.6 Å². The molecule has 54 valence electrons. The van der Waals surface area contributed by atoms with Gasteiger partial charge in [0.25, 0.3) is 0 Å². The van der Waals surface area contributed by atoms with E-state index in [0.29, 0.717) is 0 Å². The summed E-state index contributed by atoms with van der Waals surface area (Å²) < 4.78 is 18.3. The van der Waals surface area contributed by atoms with Crippen LogP contribution in [0.1, 0.15) is 6.92 Å². The number of carbonyl (C=O) groups excluding carboxylic acids is 1. The first kappa shape index (κ1) is 8.58. The van der Waals surface area contributed by atoms with Gasteiger partial charge in [-0.15, -0.1) is 0 Å². The van der Waals surface area contributed by atoms with Gasteiger partial charge < -0.3 is 10.3 Å². The molecule has 0 aromatic heterocycles. The molecule has 5 heteroatoms. The van der Waals surface area contributed by atoms with E-state index < -0.39 is 22.9 Å². The third kappa shape index (κ3) is 4.11. The van der Waals surface area contributed by atoms with Crippen molar-refractivity contribution in [2.45, 2.75) is 6.92 Å². The minimum absolute atomic E-state index is 0.0741. The summed E-state index contributed by atoms with van der Waals surface area (Å²) >= 11 is -1.92. The highest BCUT2D eigenvalue weighted by atomic mass is 32.2. The average Bonchev–Trinajstić information content (AvgIpc) is 1.63. The van der Waals surface area contributed by atoms with Crippen LogP contribution in [0, 0.1) is 5.92 Å². The van der Waals surface area contributed by atoms with Crippen LogP contribution in [0.2, 0.25) is 0 Å². The lowest BCUT2D eigenvalue weighted by Crippen LogP contribution is -2.25. The molecule has 0 aliphatic rings. The Morgan fingerprint density at radius 2 is 2.33 bits per heavy atom. The van der Waals surface area contributed by atoms with Gasteiger partial charge in [-0.05, 0) is 0 Å². The lowest BCUT2D eigenvalue weighted by Gasteiger charge is -2.00. The van der Waals surface area contributed by atoms with Crippen molar-refractivity contribution in [2.24, 2.45) is 11.7 Å². The molecule has 2 atom stereocenters. The largest absolute Gasteiger partial charge is 0.369 e. The molecule has 2 unspecified atom stereocenters. The Labute approximate surface area is 55.7 Å². The lowest BCUT2D eigenvalue weighted by molar-refractivity contribution is -0.120. The van der Waals surface area contributed by atoms with E-state index in [2.05, 4.69) is 0 Å². The zero-order valence-electron chi connectivity index (χ0n) is 5.03. The van der Waals surface area contributed by atoms with Crippen LogP contribution < -0.4 is 5.73 Å². The minimum atomic E-state index is -1.92. The van der Waals surface area contributed by atoms with Crippen LogP contribution in [-0.4, -0.2) is 20.4 Å². The van der Waals surface area contributed by atoms with Crippen molar-refractivity contribution in [1.82, 2.24) is 0 Å². The second-order valence-corrected chi connectivity index (χ2v) is 2.77. The van der Waals surface area contributed by atoms with Gasteiger partial charge in [0, 0.05) is 5.92 Å². The molecule has 0 fully saturated rings. The highest BCUT2D eigenvalue weighted by molar-refractivity contribution is 7.79. The molecule has 3 N–H and O–H groups in total. The average molecular weight is 151 g/mol. The van der Waals surface area contributed by atoms with E-state index in [4.69, 9.17) is 10.3 Å². The molecular formula is C4H9NO3S. The Hall–Kier alpha value is -0.420. The van der Waals surface area contributed by atoms with Gasteiger partial charge in [0.15, 0.2) is 11.1 Å². The molecule has 0 aromatic rings. The zero-order valence-corrected chi connectivity index (χ0v) is 5.85. The normalized spacial score (nSPS) is 16.7. The third-order valence-corrected chi connectivity index (χ3v) is 1.66. The molecule has 0 aliphatic heterocycles. The summed E-state index contributed by atoms with van der Waals surface area (Å²) in [5.41, 5.74) is 4.80. The van der Waals surface area contributed by atoms with Gasteiger partial charge in [-0.3, -0.25) is 4.79 Å². The summed E-state index contributed by atoms with van der Waals surface area (Å²) in [6, 6.07) is 0. The molecule has 9 heavy (non-hydrogen) atoms. The molecule has 0 rings (SSSR count). The SMILES string of the molecule is CC(CS(=O)O)C(N)=O. The Morgan fingerprint density at radius 3 is 2.44 bits per heavy atom. The highest BCUT2D eigenvalue weighted by Gasteiger charge is 2.10. The monoisotopic (exact) mass is 151 g/mol. The van der Waals surface area contributed by atoms with Crippen molar-refractivity contribution in [1.29, 1.82) is 0 Å². The highest BCUT2D eigenvalue weighted by Crippen LogP contribution is 1.93. The third-order valence-electron chi connectivity index (χ3n) is 0.878. The molecule has 0 radical (unpaired) electrons. The van der Waals surface area contributed by atoms with E-state index in [1.807, 2.05) is 0 Å². The number of carbonyl (C=O) groups is 1. The zero-order chi connectivity index (χ0) is 7.44. The fourth-order valence-electron chi connectivity index (χ4n) is 0.296. The van der Waals surface area contributed by atoms with Gasteiger partial charge in [-0.1, -0.05) is 6.92 Å². The van der Waals surface area contributed by atoms with Gasteiger partial charge in [-0.25, -0.2) is 4.21 Å². The van der Waals surface area contributed by atoms with Crippen molar-refractivity contribution in [3.63, 3.8) is 0 Å². The standard InChI is InChI=1S/C4H9NO3S/c1-3(4(5)6)2-9(7)8/h3H,2H2,1H3,(H2,5,6)(H,7,8). The van der Waals surface area contributed by atoms with Gasteiger partial charge in [0.2, 0.25) is 5.91 Å². The maximum Gasteiger partial charge on any atom is 0.221 e. The quantitative estimate of drug-likeness (QED) is 0.525. The number of primary amides is 1. The maximum atomic E-state index is 10.2. The van der Waals surface area contributed by atoms with Crippen LogP contribution in [0.5, 0.6) is 0 Å². The molecule has 0 bridgehead atoms. The van der Waals surface area contributed by atoms with E-state index in [1.54, 1.807) is 0 Å². The van der Waals surface area contributed by atoms with Crippen molar-refractivity contribution >= 4 is 17.0 Å². The van der Waals surface area contributed by atoms with Crippen LogP contribution in [0.25, 0.3) is 0 Å². The molecular weight excluding hydrogens is 142 g/mol. The first-order valence-corrected chi connectivity index (χ1v) is 3.68. The predicted octanol–water partition coefficient (Wildman–Crippen LogP) is -0.670. The van der Waals surface area contributed by atoms with Crippen LogP contribution in [-0.2, 0) is 15.9 Å². The van der Waals surface area contributed by atoms with E-state index in [9.17, 15) is 9.00 Å². The fourth-order valence-corrected chi connectivity index (χ4v) is 0.888. The van der Waals surface area contributed by atoms with E-state index in [1.165, 1.54) is 6.92 Å². The molecule has 0 saturated carbocycles. The van der Waals surface area contributed by atoms with Crippen molar-refractivity contribution in [2.75, 3.05) is 5.75 Å². The molecule has 0 aliphatic carbocycles. The van der Waals surface area contributed by atoms with Crippen LogP contribution in [0.3, 0.4) is 0 Å².